The number of hydrogen-bond acceptors (Lipinski definition) is 4. The molecule has 0 radical (unpaired) electrons. The number of amides is 2. The normalized spacial score (nSPS) is 21.3. The molecule has 0 aromatic heterocycles. The number of hydrogen-bond donors (Lipinski definition) is 2. The first kappa shape index (κ1) is 17.9. The SMILES string of the molecule is O=C(NCCN1CCN(c2ccccc2F)CC1)NC[C@H]1CCCO1. The topological polar surface area (TPSA) is 56.8 Å². The van der Waals surface area contributed by atoms with Gasteiger partial charge in [-0.15, -0.1) is 0 Å². The first-order chi connectivity index (χ1) is 12.2. The highest BCUT2D eigenvalue weighted by molar-refractivity contribution is 5.73. The highest BCUT2D eigenvalue weighted by atomic mass is 19.1. The van der Waals surface area contributed by atoms with Gasteiger partial charge in [-0.2, -0.15) is 0 Å². The second-order valence-corrected chi connectivity index (χ2v) is 6.55. The van der Waals surface area contributed by atoms with E-state index < -0.39 is 0 Å². The summed E-state index contributed by atoms with van der Waals surface area (Å²) in [4.78, 5) is 16.1. The molecule has 2 fully saturated rings. The third-order valence-corrected chi connectivity index (χ3v) is 4.79. The van der Waals surface area contributed by atoms with Crippen molar-refractivity contribution in [1.29, 1.82) is 0 Å². The van der Waals surface area contributed by atoms with Crippen LogP contribution in [0.25, 0.3) is 0 Å². The van der Waals surface area contributed by atoms with E-state index >= 15 is 0 Å². The van der Waals surface area contributed by atoms with Crippen molar-refractivity contribution >= 4 is 11.7 Å². The summed E-state index contributed by atoms with van der Waals surface area (Å²) in [5.74, 6) is -0.166. The number of para-hydroxylation sites is 1. The van der Waals surface area contributed by atoms with Crippen molar-refractivity contribution in [1.82, 2.24) is 15.5 Å². The lowest BCUT2D eigenvalue weighted by Gasteiger charge is -2.36. The van der Waals surface area contributed by atoms with Gasteiger partial charge in [-0.05, 0) is 25.0 Å². The summed E-state index contributed by atoms with van der Waals surface area (Å²) in [7, 11) is 0. The van der Waals surface area contributed by atoms with Crippen LogP contribution in [0, 0.1) is 5.82 Å². The minimum absolute atomic E-state index is 0.138. The molecule has 0 spiro atoms. The molecule has 138 valence electrons. The molecule has 2 amide bonds. The number of halogens is 1. The quantitative estimate of drug-likeness (QED) is 0.815. The fraction of sp³-hybridized carbons (Fsp3) is 0.611. The largest absolute Gasteiger partial charge is 0.376 e. The molecular formula is C18H27FN4O2. The molecule has 3 rings (SSSR count). The molecule has 0 aliphatic carbocycles. The second-order valence-electron chi connectivity index (χ2n) is 6.55. The third-order valence-electron chi connectivity index (χ3n) is 4.79. The van der Waals surface area contributed by atoms with Gasteiger partial charge in [-0.25, -0.2) is 9.18 Å². The van der Waals surface area contributed by atoms with Crippen LogP contribution in [0.1, 0.15) is 12.8 Å². The van der Waals surface area contributed by atoms with E-state index in [0.717, 1.165) is 52.2 Å². The molecule has 6 nitrogen and oxygen atoms in total. The van der Waals surface area contributed by atoms with Crippen molar-refractivity contribution < 1.29 is 13.9 Å². The average Bonchev–Trinajstić information content (AvgIpc) is 3.15. The Morgan fingerprint density at radius 2 is 2.00 bits per heavy atom. The van der Waals surface area contributed by atoms with Crippen LogP contribution < -0.4 is 15.5 Å². The summed E-state index contributed by atoms with van der Waals surface area (Å²) in [5, 5.41) is 5.74. The predicted octanol–water partition coefficient (Wildman–Crippen LogP) is 1.43. The highest BCUT2D eigenvalue weighted by Crippen LogP contribution is 2.19. The number of anilines is 1. The van der Waals surface area contributed by atoms with Gasteiger partial charge in [-0.1, -0.05) is 12.1 Å². The molecule has 2 aliphatic heterocycles. The van der Waals surface area contributed by atoms with E-state index in [1.54, 1.807) is 6.07 Å². The summed E-state index contributed by atoms with van der Waals surface area (Å²) in [6, 6.07) is 6.76. The van der Waals surface area contributed by atoms with Gasteiger partial charge in [0.2, 0.25) is 0 Å². The molecule has 1 aromatic rings. The molecule has 1 atom stereocenters. The fourth-order valence-electron chi connectivity index (χ4n) is 3.32. The van der Waals surface area contributed by atoms with Crippen LogP contribution in [0.5, 0.6) is 0 Å². The van der Waals surface area contributed by atoms with Crippen LogP contribution in [0.2, 0.25) is 0 Å². The minimum Gasteiger partial charge on any atom is -0.376 e. The lowest BCUT2D eigenvalue weighted by molar-refractivity contribution is 0.111. The van der Waals surface area contributed by atoms with E-state index in [4.69, 9.17) is 4.74 Å². The summed E-state index contributed by atoms with van der Waals surface area (Å²) in [6.07, 6.45) is 2.26. The van der Waals surface area contributed by atoms with Crippen molar-refractivity contribution in [2.75, 3.05) is 57.3 Å². The van der Waals surface area contributed by atoms with Gasteiger partial charge < -0.3 is 20.3 Å². The number of carbonyl (C=O) groups excluding carboxylic acids is 1. The van der Waals surface area contributed by atoms with Gasteiger partial charge in [0, 0.05) is 52.4 Å². The standard InChI is InChI=1S/C18H27FN4O2/c19-16-5-1-2-6-17(16)23-11-9-22(10-12-23)8-7-20-18(24)21-14-15-4-3-13-25-15/h1-2,5-6,15H,3-4,7-14H2,(H2,20,21,24)/t15-/m1/s1. The van der Waals surface area contributed by atoms with Crippen molar-refractivity contribution in [2.45, 2.75) is 18.9 Å². The van der Waals surface area contributed by atoms with Crippen molar-refractivity contribution in [3.8, 4) is 0 Å². The molecule has 25 heavy (non-hydrogen) atoms. The molecule has 1 aromatic carbocycles. The zero-order chi connectivity index (χ0) is 17.5. The summed E-state index contributed by atoms with van der Waals surface area (Å²) < 4.78 is 19.3. The second kappa shape index (κ2) is 9.01. The van der Waals surface area contributed by atoms with Gasteiger partial charge in [-0.3, -0.25) is 4.90 Å². The van der Waals surface area contributed by atoms with Gasteiger partial charge in [0.15, 0.2) is 0 Å². The molecule has 2 saturated heterocycles. The van der Waals surface area contributed by atoms with Crippen molar-refractivity contribution in [2.24, 2.45) is 0 Å². The first-order valence-electron chi connectivity index (χ1n) is 9.07. The van der Waals surface area contributed by atoms with Crippen LogP contribution in [0.15, 0.2) is 24.3 Å². The molecule has 2 N–H and O–H groups in total. The minimum atomic E-state index is -0.166. The maximum atomic E-state index is 13.8. The summed E-state index contributed by atoms with van der Waals surface area (Å²) in [5.41, 5.74) is 0.675. The number of piperazine rings is 1. The Kier molecular flexibility index (Phi) is 6.47. The summed E-state index contributed by atoms with van der Waals surface area (Å²) >= 11 is 0. The van der Waals surface area contributed by atoms with E-state index in [1.165, 1.54) is 6.07 Å². The number of rotatable bonds is 6. The number of carbonyl (C=O) groups is 1. The zero-order valence-corrected chi connectivity index (χ0v) is 14.5. The first-order valence-corrected chi connectivity index (χ1v) is 9.07. The van der Waals surface area contributed by atoms with Crippen molar-refractivity contribution in [3.63, 3.8) is 0 Å². The molecule has 2 aliphatic rings. The van der Waals surface area contributed by atoms with Crippen LogP contribution in [0.3, 0.4) is 0 Å². The molecule has 7 heteroatoms. The third kappa shape index (κ3) is 5.31. The van der Waals surface area contributed by atoms with Gasteiger partial charge in [0.25, 0.3) is 0 Å². The number of nitrogens with zero attached hydrogens (tertiary/aromatic N) is 2. The Balaban J connectivity index is 1.30. The van der Waals surface area contributed by atoms with E-state index in [1.807, 2.05) is 12.1 Å². The van der Waals surface area contributed by atoms with Crippen LogP contribution in [0.4, 0.5) is 14.9 Å². The maximum Gasteiger partial charge on any atom is 0.314 e. The number of nitrogens with one attached hydrogen (secondary N) is 2. The predicted molar refractivity (Wildman–Crippen MR) is 95.4 cm³/mol. The van der Waals surface area contributed by atoms with Crippen LogP contribution in [-0.2, 0) is 4.74 Å². The van der Waals surface area contributed by atoms with Crippen LogP contribution in [-0.4, -0.2) is 69.5 Å². The Morgan fingerprint density at radius 1 is 1.20 bits per heavy atom. The fourth-order valence-corrected chi connectivity index (χ4v) is 3.32. The Morgan fingerprint density at radius 3 is 2.72 bits per heavy atom. The molecule has 0 unspecified atom stereocenters. The zero-order valence-electron chi connectivity index (χ0n) is 14.5. The molecular weight excluding hydrogens is 323 g/mol. The smallest absolute Gasteiger partial charge is 0.314 e. The Bertz CT molecular complexity index is 558. The number of ether oxygens (including phenoxy) is 1. The number of benzene rings is 1. The van der Waals surface area contributed by atoms with E-state index in [-0.39, 0.29) is 18.0 Å². The van der Waals surface area contributed by atoms with E-state index in [0.29, 0.717) is 18.8 Å². The monoisotopic (exact) mass is 350 g/mol. The highest BCUT2D eigenvalue weighted by Gasteiger charge is 2.19. The molecule has 0 saturated carbocycles. The van der Waals surface area contributed by atoms with E-state index in [2.05, 4.69) is 20.4 Å². The Hall–Kier alpha value is -1.86. The Labute approximate surface area is 148 Å². The molecule has 2 heterocycles. The average molecular weight is 350 g/mol. The number of urea groups is 1. The lowest BCUT2D eigenvalue weighted by Crippen LogP contribution is -2.49. The van der Waals surface area contributed by atoms with Gasteiger partial charge >= 0.3 is 6.03 Å². The van der Waals surface area contributed by atoms with Crippen LogP contribution >= 0.6 is 0 Å². The summed E-state index contributed by atoms with van der Waals surface area (Å²) in [6.45, 7) is 6.12. The van der Waals surface area contributed by atoms with Crippen molar-refractivity contribution in [3.05, 3.63) is 30.1 Å². The van der Waals surface area contributed by atoms with Gasteiger partial charge in [0.1, 0.15) is 5.82 Å². The molecule has 0 bridgehead atoms. The van der Waals surface area contributed by atoms with E-state index in [9.17, 15) is 9.18 Å². The lowest BCUT2D eigenvalue weighted by atomic mass is 10.2. The maximum absolute atomic E-state index is 13.8. The van der Waals surface area contributed by atoms with Gasteiger partial charge in [0.05, 0.1) is 11.8 Å².